The molecule has 0 N–H and O–H groups in total. The summed E-state index contributed by atoms with van der Waals surface area (Å²) in [6.07, 6.45) is 7.32. The summed E-state index contributed by atoms with van der Waals surface area (Å²) < 4.78 is 11.3. The molecule has 0 radical (unpaired) electrons. The highest BCUT2D eigenvalue weighted by atomic mass is 35.5. The number of aryl methyl sites for hydroxylation is 1. The van der Waals surface area contributed by atoms with Crippen molar-refractivity contribution in [1.82, 2.24) is 4.90 Å². The first-order chi connectivity index (χ1) is 13.6. The maximum Gasteiger partial charge on any atom is 0.161 e. The van der Waals surface area contributed by atoms with Crippen molar-refractivity contribution in [1.29, 1.82) is 0 Å². The van der Waals surface area contributed by atoms with Gasteiger partial charge in [-0.2, -0.15) is 0 Å². The van der Waals surface area contributed by atoms with Crippen molar-refractivity contribution >= 4 is 11.6 Å². The van der Waals surface area contributed by atoms with Crippen LogP contribution in [0.2, 0.25) is 5.02 Å². The van der Waals surface area contributed by atoms with Gasteiger partial charge in [-0.25, -0.2) is 0 Å². The van der Waals surface area contributed by atoms with Crippen LogP contribution in [0.1, 0.15) is 60.8 Å². The molecule has 0 spiro atoms. The predicted octanol–water partition coefficient (Wildman–Crippen LogP) is 6.00. The first kappa shape index (κ1) is 19.6. The highest BCUT2D eigenvalue weighted by Gasteiger charge is 2.40. The predicted molar refractivity (Wildman–Crippen MR) is 115 cm³/mol. The van der Waals surface area contributed by atoms with Gasteiger partial charge in [-0.1, -0.05) is 36.6 Å². The summed E-state index contributed by atoms with van der Waals surface area (Å²) in [6, 6.07) is 13.7. The Bertz CT molecular complexity index is 820. The fourth-order valence-corrected chi connectivity index (χ4v) is 5.37. The van der Waals surface area contributed by atoms with Gasteiger partial charge >= 0.3 is 0 Å². The van der Waals surface area contributed by atoms with Crippen LogP contribution in [0.3, 0.4) is 0 Å². The van der Waals surface area contributed by atoms with E-state index in [-0.39, 0.29) is 0 Å². The summed E-state index contributed by atoms with van der Waals surface area (Å²) in [5.41, 5.74) is 4.23. The number of halogens is 1. The highest BCUT2D eigenvalue weighted by molar-refractivity contribution is 6.30. The van der Waals surface area contributed by atoms with Crippen LogP contribution in [0.5, 0.6) is 11.5 Å². The minimum Gasteiger partial charge on any atom is -0.493 e. The molecule has 0 saturated heterocycles. The van der Waals surface area contributed by atoms with E-state index in [1.54, 1.807) is 14.2 Å². The lowest BCUT2D eigenvalue weighted by atomic mass is 9.72. The molecule has 1 heterocycles. The molecule has 0 bridgehead atoms. The molecule has 3 unspecified atom stereocenters. The van der Waals surface area contributed by atoms with E-state index in [2.05, 4.69) is 36.2 Å². The third kappa shape index (κ3) is 3.62. The summed E-state index contributed by atoms with van der Waals surface area (Å²) in [4.78, 5) is 2.63. The van der Waals surface area contributed by atoms with Crippen LogP contribution >= 0.6 is 11.6 Å². The molecule has 3 atom stereocenters. The second kappa shape index (κ2) is 8.34. The summed E-state index contributed by atoms with van der Waals surface area (Å²) in [6.45, 7) is 0. The third-order valence-corrected chi connectivity index (χ3v) is 6.96. The Morgan fingerprint density at radius 2 is 1.61 bits per heavy atom. The number of benzene rings is 2. The molecule has 2 aromatic carbocycles. The molecule has 150 valence electrons. The summed E-state index contributed by atoms with van der Waals surface area (Å²) >= 11 is 6.05. The van der Waals surface area contributed by atoms with E-state index in [4.69, 9.17) is 21.1 Å². The van der Waals surface area contributed by atoms with Crippen LogP contribution < -0.4 is 9.47 Å². The average Bonchev–Trinajstić information content (AvgIpc) is 2.74. The largest absolute Gasteiger partial charge is 0.493 e. The smallest absolute Gasteiger partial charge is 0.161 e. The van der Waals surface area contributed by atoms with Gasteiger partial charge in [0.15, 0.2) is 11.5 Å². The molecular weight excluding hydrogens is 370 g/mol. The standard InChI is InChI=1S/C24H30ClNO2/c1-26-21-7-5-4-6-18(21)19-14-23(27-2)24(28-3)15-20(19)22(26)13-10-16-8-11-17(25)12-9-16/h8-9,11-12,14-15,18,21-22H,4-7,10,13H2,1-3H3. The van der Waals surface area contributed by atoms with Crippen molar-refractivity contribution < 1.29 is 9.47 Å². The Morgan fingerprint density at radius 1 is 0.964 bits per heavy atom. The van der Waals surface area contributed by atoms with E-state index in [1.165, 1.54) is 42.4 Å². The Morgan fingerprint density at radius 3 is 2.29 bits per heavy atom. The van der Waals surface area contributed by atoms with Crippen LogP contribution in [0, 0.1) is 0 Å². The molecule has 4 heteroatoms. The zero-order valence-corrected chi connectivity index (χ0v) is 17.8. The monoisotopic (exact) mass is 399 g/mol. The van der Waals surface area contributed by atoms with Gasteiger partial charge in [0, 0.05) is 17.1 Å². The van der Waals surface area contributed by atoms with Crippen LogP contribution in [0.25, 0.3) is 0 Å². The van der Waals surface area contributed by atoms with Crippen LogP contribution in [0.15, 0.2) is 36.4 Å². The number of fused-ring (bicyclic) bond motifs is 3. The Balaban J connectivity index is 1.69. The number of hydrogen-bond donors (Lipinski definition) is 0. The number of nitrogens with zero attached hydrogens (tertiary/aromatic N) is 1. The fraction of sp³-hybridized carbons (Fsp3) is 0.500. The van der Waals surface area contributed by atoms with Crippen molar-refractivity contribution in [3.05, 3.63) is 58.1 Å². The van der Waals surface area contributed by atoms with Crippen LogP contribution in [-0.2, 0) is 6.42 Å². The summed E-state index contributed by atoms with van der Waals surface area (Å²) in [7, 11) is 5.77. The number of rotatable bonds is 5. The lowest BCUT2D eigenvalue weighted by Crippen LogP contribution is -2.45. The molecule has 3 nitrogen and oxygen atoms in total. The first-order valence-corrected chi connectivity index (χ1v) is 10.7. The zero-order chi connectivity index (χ0) is 19.7. The lowest BCUT2D eigenvalue weighted by Gasteiger charge is -2.48. The van der Waals surface area contributed by atoms with E-state index >= 15 is 0 Å². The van der Waals surface area contributed by atoms with Gasteiger partial charge in [-0.3, -0.25) is 4.90 Å². The Kier molecular flexibility index (Phi) is 5.84. The van der Waals surface area contributed by atoms with Crippen molar-refractivity contribution in [2.24, 2.45) is 0 Å². The number of hydrogen-bond acceptors (Lipinski definition) is 3. The molecule has 1 aliphatic carbocycles. The van der Waals surface area contributed by atoms with E-state index in [0.717, 1.165) is 29.4 Å². The molecule has 0 amide bonds. The molecule has 2 aliphatic rings. The van der Waals surface area contributed by atoms with Gasteiger partial charge in [0.2, 0.25) is 0 Å². The maximum atomic E-state index is 6.05. The van der Waals surface area contributed by atoms with Gasteiger partial charge in [-0.15, -0.1) is 0 Å². The van der Waals surface area contributed by atoms with E-state index < -0.39 is 0 Å². The fourth-order valence-electron chi connectivity index (χ4n) is 5.25. The van der Waals surface area contributed by atoms with Gasteiger partial charge in [0.25, 0.3) is 0 Å². The lowest BCUT2D eigenvalue weighted by molar-refractivity contribution is 0.0943. The van der Waals surface area contributed by atoms with Gasteiger partial charge in [0.05, 0.1) is 14.2 Å². The van der Waals surface area contributed by atoms with E-state index in [9.17, 15) is 0 Å². The van der Waals surface area contributed by atoms with Crippen molar-refractivity contribution in [2.45, 2.75) is 56.5 Å². The molecular formula is C24H30ClNO2. The minimum atomic E-state index is 0.393. The average molecular weight is 400 g/mol. The topological polar surface area (TPSA) is 21.7 Å². The molecule has 1 aliphatic heterocycles. The van der Waals surface area contributed by atoms with Crippen molar-refractivity contribution in [2.75, 3.05) is 21.3 Å². The van der Waals surface area contributed by atoms with Gasteiger partial charge in [-0.05, 0) is 79.6 Å². The molecule has 4 rings (SSSR count). The van der Waals surface area contributed by atoms with Crippen molar-refractivity contribution in [3.63, 3.8) is 0 Å². The second-order valence-electron chi connectivity index (χ2n) is 8.14. The molecule has 1 fully saturated rings. The molecule has 0 aromatic heterocycles. The summed E-state index contributed by atoms with van der Waals surface area (Å²) in [5.74, 6) is 2.28. The van der Waals surface area contributed by atoms with Gasteiger partial charge < -0.3 is 9.47 Å². The van der Waals surface area contributed by atoms with Crippen LogP contribution in [0.4, 0.5) is 0 Å². The van der Waals surface area contributed by atoms with Gasteiger partial charge in [0.1, 0.15) is 0 Å². The first-order valence-electron chi connectivity index (χ1n) is 10.3. The normalized spacial score (nSPS) is 24.4. The zero-order valence-electron chi connectivity index (χ0n) is 17.1. The van der Waals surface area contributed by atoms with E-state index in [1.807, 2.05) is 12.1 Å². The molecule has 28 heavy (non-hydrogen) atoms. The number of ether oxygens (including phenoxy) is 2. The van der Waals surface area contributed by atoms with E-state index in [0.29, 0.717) is 18.0 Å². The molecule has 2 aromatic rings. The quantitative estimate of drug-likeness (QED) is 0.615. The summed E-state index contributed by atoms with van der Waals surface area (Å²) in [5, 5.41) is 0.797. The number of methoxy groups -OCH3 is 2. The second-order valence-corrected chi connectivity index (χ2v) is 8.58. The van der Waals surface area contributed by atoms with Crippen LogP contribution in [-0.4, -0.2) is 32.2 Å². The third-order valence-electron chi connectivity index (χ3n) is 6.71. The SMILES string of the molecule is COc1cc2c(cc1OC)C(CCc1ccc(Cl)cc1)N(C)C1CCCCC21. The maximum absolute atomic E-state index is 6.05. The van der Waals surface area contributed by atoms with Crippen molar-refractivity contribution in [3.8, 4) is 11.5 Å². The minimum absolute atomic E-state index is 0.393. The Labute approximate surface area is 173 Å². The highest BCUT2D eigenvalue weighted by Crippen LogP contribution is 2.49. The molecule has 1 saturated carbocycles. The number of likely N-dealkylation sites (N-methyl/N-ethyl adjacent to an activating group) is 1. The Hall–Kier alpha value is -1.71.